The average molecular weight is 278 g/mol. The fraction of sp³-hybridized carbons (Fsp3) is 0.625. The van der Waals surface area contributed by atoms with E-state index in [2.05, 4.69) is 43.4 Å². The number of fused-ring (bicyclic) bond motifs is 1. The molecule has 112 valence electrons. The second kappa shape index (κ2) is 7.50. The standard InChI is InChI=1S/C16H26N2O2/c1-4-17-14(8-9-18(2)3)13-6-7-15-16(12-13)20-11-5-10-19-15/h6-7,12,14,17H,4-5,8-11H2,1-3H3. The minimum atomic E-state index is 0.361. The highest BCUT2D eigenvalue weighted by atomic mass is 16.5. The quantitative estimate of drug-likeness (QED) is 0.866. The van der Waals surface area contributed by atoms with Gasteiger partial charge in [0.15, 0.2) is 11.5 Å². The van der Waals surface area contributed by atoms with Gasteiger partial charge in [-0.2, -0.15) is 0 Å². The number of hydrogen-bond donors (Lipinski definition) is 1. The summed E-state index contributed by atoms with van der Waals surface area (Å²) >= 11 is 0. The minimum Gasteiger partial charge on any atom is -0.490 e. The lowest BCUT2D eigenvalue weighted by Gasteiger charge is -2.21. The molecule has 1 unspecified atom stereocenters. The van der Waals surface area contributed by atoms with Gasteiger partial charge in [0.25, 0.3) is 0 Å². The Morgan fingerprint density at radius 2 is 1.95 bits per heavy atom. The summed E-state index contributed by atoms with van der Waals surface area (Å²) in [4.78, 5) is 2.22. The zero-order valence-electron chi connectivity index (χ0n) is 12.8. The van der Waals surface area contributed by atoms with E-state index in [0.717, 1.165) is 50.6 Å². The molecule has 0 aromatic heterocycles. The number of nitrogens with one attached hydrogen (secondary N) is 1. The number of nitrogens with zero attached hydrogens (tertiary/aromatic N) is 1. The van der Waals surface area contributed by atoms with Crippen LogP contribution in [-0.2, 0) is 0 Å². The molecule has 0 aliphatic carbocycles. The van der Waals surface area contributed by atoms with Crippen molar-refractivity contribution in [2.45, 2.75) is 25.8 Å². The van der Waals surface area contributed by atoms with Crippen molar-refractivity contribution in [2.24, 2.45) is 0 Å². The van der Waals surface area contributed by atoms with E-state index in [1.54, 1.807) is 0 Å². The molecule has 0 fully saturated rings. The van der Waals surface area contributed by atoms with Crippen LogP contribution in [0.2, 0.25) is 0 Å². The second-order valence-corrected chi connectivity index (χ2v) is 5.46. The summed E-state index contributed by atoms with van der Waals surface area (Å²) in [5.41, 5.74) is 1.28. The Hall–Kier alpha value is -1.26. The third-order valence-electron chi connectivity index (χ3n) is 3.49. The molecule has 4 nitrogen and oxygen atoms in total. The highest BCUT2D eigenvalue weighted by molar-refractivity contribution is 5.44. The predicted octanol–water partition coefficient (Wildman–Crippen LogP) is 2.45. The van der Waals surface area contributed by atoms with Gasteiger partial charge in [0.05, 0.1) is 13.2 Å². The summed E-state index contributed by atoms with van der Waals surface area (Å²) in [6, 6.07) is 6.68. The molecule has 20 heavy (non-hydrogen) atoms. The van der Waals surface area contributed by atoms with Gasteiger partial charge in [0.2, 0.25) is 0 Å². The molecule has 0 saturated heterocycles. The van der Waals surface area contributed by atoms with E-state index < -0.39 is 0 Å². The third-order valence-corrected chi connectivity index (χ3v) is 3.49. The lowest BCUT2D eigenvalue weighted by Crippen LogP contribution is -2.25. The molecule has 1 N–H and O–H groups in total. The van der Waals surface area contributed by atoms with Crippen LogP contribution in [0.3, 0.4) is 0 Å². The molecule has 1 heterocycles. The summed E-state index contributed by atoms with van der Waals surface area (Å²) in [5, 5.41) is 3.55. The van der Waals surface area contributed by atoms with Gasteiger partial charge in [-0.05, 0) is 51.3 Å². The smallest absolute Gasteiger partial charge is 0.161 e. The van der Waals surface area contributed by atoms with Gasteiger partial charge in [-0.15, -0.1) is 0 Å². The first kappa shape index (κ1) is 15.1. The van der Waals surface area contributed by atoms with Crippen molar-refractivity contribution in [3.63, 3.8) is 0 Å². The Labute approximate surface area is 122 Å². The zero-order valence-corrected chi connectivity index (χ0v) is 12.8. The molecule has 1 aromatic rings. The first-order chi connectivity index (χ1) is 9.70. The monoisotopic (exact) mass is 278 g/mol. The van der Waals surface area contributed by atoms with E-state index in [-0.39, 0.29) is 0 Å². The Morgan fingerprint density at radius 1 is 1.20 bits per heavy atom. The maximum atomic E-state index is 5.78. The van der Waals surface area contributed by atoms with Gasteiger partial charge >= 0.3 is 0 Å². The van der Waals surface area contributed by atoms with Gasteiger partial charge < -0.3 is 19.7 Å². The second-order valence-electron chi connectivity index (χ2n) is 5.46. The molecule has 0 radical (unpaired) electrons. The highest BCUT2D eigenvalue weighted by Gasteiger charge is 2.15. The molecule has 1 atom stereocenters. The van der Waals surface area contributed by atoms with Crippen LogP contribution in [0.25, 0.3) is 0 Å². The molecule has 0 saturated carbocycles. The van der Waals surface area contributed by atoms with Crippen LogP contribution in [0.1, 0.15) is 31.4 Å². The lowest BCUT2D eigenvalue weighted by molar-refractivity contribution is 0.296. The van der Waals surface area contributed by atoms with E-state index in [9.17, 15) is 0 Å². The van der Waals surface area contributed by atoms with E-state index in [0.29, 0.717) is 6.04 Å². The number of hydrogen-bond acceptors (Lipinski definition) is 4. The molecule has 1 aliphatic rings. The maximum absolute atomic E-state index is 5.78. The van der Waals surface area contributed by atoms with Gasteiger partial charge in [-0.1, -0.05) is 13.0 Å². The summed E-state index contributed by atoms with van der Waals surface area (Å²) < 4.78 is 11.5. The van der Waals surface area contributed by atoms with Crippen LogP contribution in [0.4, 0.5) is 0 Å². The molecule has 1 aromatic carbocycles. The summed E-state index contributed by atoms with van der Waals surface area (Å²) in [6.07, 6.45) is 2.03. The minimum absolute atomic E-state index is 0.361. The SMILES string of the molecule is CCNC(CCN(C)C)c1ccc2c(c1)OCCCO2. The van der Waals surface area contributed by atoms with Crippen molar-refractivity contribution >= 4 is 0 Å². The van der Waals surface area contributed by atoms with Crippen molar-refractivity contribution in [3.05, 3.63) is 23.8 Å². The summed E-state index contributed by atoms with van der Waals surface area (Å²) in [5.74, 6) is 1.75. The van der Waals surface area contributed by atoms with Crippen LogP contribution in [0.5, 0.6) is 11.5 Å². The molecule has 0 spiro atoms. The molecule has 1 aliphatic heterocycles. The lowest BCUT2D eigenvalue weighted by atomic mass is 10.0. The molecule has 4 heteroatoms. The predicted molar refractivity (Wildman–Crippen MR) is 81.6 cm³/mol. The maximum Gasteiger partial charge on any atom is 0.161 e. The largest absolute Gasteiger partial charge is 0.490 e. The van der Waals surface area contributed by atoms with E-state index in [4.69, 9.17) is 9.47 Å². The zero-order chi connectivity index (χ0) is 14.4. The first-order valence-corrected chi connectivity index (χ1v) is 7.48. The molecule has 2 rings (SSSR count). The van der Waals surface area contributed by atoms with Gasteiger partial charge in [0, 0.05) is 12.5 Å². The normalized spacial score (nSPS) is 16.0. The first-order valence-electron chi connectivity index (χ1n) is 7.48. The van der Waals surface area contributed by atoms with Crippen molar-refractivity contribution in [1.29, 1.82) is 0 Å². The molecule has 0 amide bonds. The van der Waals surface area contributed by atoms with Gasteiger partial charge in [0.1, 0.15) is 0 Å². The van der Waals surface area contributed by atoms with Crippen molar-refractivity contribution in [2.75, 3.05) is 40.4 Å². The fourth-order valence-electron chi connectivity index (χ4n) is 2.42. The highest BCUT2D eigenvalue weighted by Crippen LogP contribution is 2.33. The number of rotatable bonds is 6. The van der Waals surface area contributed by atoms with Crippen LogP contribution < -0.4 is 14.8 Å². The molecular formula is C16H26N2O2. The fourth-order valence-corrected chi connectivity index (χ4v) is 2.42. The van der Waals surface area contributed by atoms with Crippen molar-refractivity contribution < 1.29 is 9.47 Å². The van der Waals surface area contributed by atoms with Gasteiger partial charge in [-0.25, -0.2) is 0 Å². The van der Waals surface area contributed by atoms with Crippen LogP contribution in [0.15, 0.2) is 18.2 Å². The van der Waals surface area contributed by atoms with Crippen LogP contribution >= 0.6 is 0 Å². The van der Waals surface area contributed by atoms with E-state index in [1.165, 1.54) is 5.56 Å². The summed E-state index contributed by atoms with van der Waals surface area (Å²) in [6.45, 7) is 5.65. The Bertz CT molecular complexity index is 421. The van der Waals surface area contributed by atoms with Crippen LogP contribution in [0, 0.1) is 0 Å². The van der Waals surface area contributed by atoms with Crippen molar-refractivity contribution in [3.8, 4) is 11.5 Å². The Kier molecular flexibility index (Phi) is 5.68. The third kappa shape index (κ3) is 4.12. The van der Waals surface area contributed by atoms with E-state index in [1.807, 2.05) is 6.07 Å². The average Bonchev–Trinajstić information content (AvgIpc) is 2.67. The van der Waals surface area contributed by atoms with E-state index >= 15 is 0 Å². The molecule has 0 bridgehead atoms. The number of ether oxygens (including phenoxy) is 2. The van der Waals surface area contributed by atoms with Gasteiger partial charge in [-0.3, -0.25) is 0 Å². The summed E-state index contributed by atoms with van der Waals surface area (Å²) in [7, 11) is 4.22. The Balaban J connectivity index is 2.13. The topological polar surface area (TPSA) is 33.7 Å². The molecular weight excluding hydrogens is 252 g/mol. The number of benzene rings is 1. The van der Waals surface area contributed by atoms with Crippen LogP contribution in [-0.4, -0.2) is 45.3 Å². The Morgan fingerprint density at radius 3 is 2.65 bits per heavy atom. The van der Waals surface area contributed by atoms with Crippen molar-refractivity contribution in [1.82, 2.24) is 10.2 Å².